The first-order valence-electron chi connectivity index (χ1n) is 7.90. The average Bonchev–Trinajstić information content (AvgIpc) is 2.62. The molecule has 142 valence electrons. The Morgan fingerprint density at radius 1 is 1.11 bits per heavy atom. The molecule has 9 heteroatoms. The third kappa shape index (κ3) is 6.23. The van der Waals surface area contributed by atoms with Gasteiger partial charge in [-0.1, -0.05) is 29.3 Å². The first-order chi connectivity index (χ1) is 12.8. The van der Waals surface area contributed by atoms with E-state index >= 15 is 0 Å². The zero-order chi connectivity index (χ0) is 20.0. The summed E-state index contributed by atoms with van der Waals surface area (Å²) in [6, 6.07) is 9.00. The summed E-state index contributed by atoms with van der Waals surface area (Å²) in [6.07, 6.45) is -0.171. The minimum Gasteiger partial charge on any atom is -0.461 e. The number of halogens is 2. The van der Waals surface area contributed by atoms with Crippen LogP contribution in [0.1, 0.15) is 24.0 Å². The van der Waals surface area contributed by atoms with E-state index in [2.05, 4.69) is 5.32 Å². The third-order valence-corrected chi connectivity index (χ3v) is 4.37. The number of rotatable bonds is 7. The fourth-order valence-corrected chi connectivity index (χ4v) is 2.52. The Labute approximate surface area is 165 Å². The highest BCUT2D eigenvalue weighted by Crippen LogP contribution is 2.23. The van der Waals surface area contributed by atoms with Crippen molar-refractivity contribution in [2.45, 2.75) is 26.4 Å². The number of benzene rings is 2. The van der Waals surface area contributed by atoms with Gasteiger partial charge in [0.2, 0.25) is 5.91 Å². The van der Waals surface area contributed by atoms with Crippen LogP contribution in [0.15, 0.2) is 36.4 Å². The lowest BCUT2D eigenvalue weighted by Crippen LogP contribution is -2.15. The van der Waals surface area contributed by atoms with Gasteiger partial charge in [-0.2, -0.15) is 0 Å². The summed E-state index contributed by atoms with van der Waals surface area (Å²) >= 11 is 11.7. The van der Waals surface area contributed by atoms with Crippen LogP contribution in [0, 0.1) is 17.0 Å². The van der Waals surface area contributed by atoms with Gasteiger partial charge in [0.05, 0.1) is 21.4 Å². The minimum atomic E-state index is -0.531. The van der Waals surface area contributed by atoms with Crippen molar-refractivity contribution in [3.8, 4) is 0 Å². The largest absolute Gasteiger partial charge is 0.461 e. The molecule has 2 aromatic rings. The molecule has 0 fully saturated rings. The first-order valence-corrected chi connectivity index (χ1v) is 8.66. The van der Waals surface area contributed by atoms with Crippen LogP contribution in [0.3, 0.4) is 0 Å². The van der Waals surface area contributed by atoms with Crippen LogP contribution >= 0.6 is 23.2 Å². The van der Waals surface area contributed by atoms with Crippen molar-refractivity contribution in [1.82, 2.24) is 0 Å². The Morgan fingerprint density at radius 3 is 2.48 bits per heavy atom. The molecule has 0 bridgehead atoms. The number of carbonyl (C=O) groups excluding carboxylic acids is 2. The molecule has 0 unspecified atom stereocenters. The summed E-state index contributed by atoms with van der Waals surface area (Å²) in [5.74, 6) is -0.921. The molecule has 0 saturated carbocycles. The van der Waals surface area contributed by atoms with Crippen LogP contribution in [0.2, 0.25) is 10.0 Å². The van der Waals surface area contributed by atoms with Crippen LogP contribution in [-0.4, -0.2) is 16.8 Å². The highest BCUT2D eigenvalue weighted by atomic mass is 35.5. The summed E-state index contributed by atoms with van der Waals surface area (Å²) in [5, 5.41) is 14.1. The van der Waals surface area contributed by atoms with Gasteiger partial charge >= 0.3 is 5.97 Å². The van der Waals surface area contributed by atoms with E-state index in [0.29, 0.717) is 26.9 Å². The van der Waals surface area contributed by atoms with Crippen LogP contribution in [0.4, 0.5) is 11.4 Å². The molecule has 0 aliphatic heterocycles. The van der Waals surface area contributed by atoms with Crippen molar-refractivity contribution >= 4 is 46.5 Å². The number of hydrogen-bond acceptors (Lipinski definition) is 5. The summed E-state index contributed by atoms with van der Waals surface area (Å²) in [7, 11) is 0. The average molecular weight is 411 g/mol. The number of amides is 1. The van der Waals surface area contributed by atoms with Crippen LogP contribution in [0.5, 0.6) is 0 Å². The fraction of sp³-hybridized carbons (Fsp3) is 0.222. The SMILES string of the molecule is Cc1cc([N+](=O)[O-])ccc1NC(=O)CCC(=O)OCc1ccc(Cl)c(Cl)c1. The summed E-state index contributed by atoms with van der Waals surface area (Å²) < 4.78 is 5.09. The molecule has 0 spiro atoms. The number of hydrogen-bond donors (Lipinski definition) is 1. The van der Waals surface area contributed by atoms with Gasteiger partial charge in [-0.25, -0.2) is 0 Å². The first kappa shape index (κ1) is 20.7. The highest BCUT2D eigenvalue weighted by molar-refractivity contribution is 6.42. The molecular weight excluding hydrogens is 395 g/mol. The quantitative estimate of drug-likeness (QED) is 0.406. The van der Waals surface area contributed by atoms with E-state index in [-0.39, 0.29) is 25.1 Å². The van der Waals surface area contributed by atoms with Crippen molar-refractivity contribution in [3.05, 3.63) is 67.7 Å². The van der Waals surface area contributed by atoms with Gasteiger partial charge in [0.15, 0.2) is 0 Å². The molecule has 0 aliphatic carbocycles. The molecule has 0 saturated heterocycles. The number of nitrogens with zero attached hydrogens (tertiary/aromatic N) is 1. The zero-order valence-corrected chi connectivity index (χ0v) is 15.8. The van der Waals surface area contributed by atoms with E-state index in [4.69, 9.17) is 27.9 Å². The molecule has 1 N–H and O–H groups in total. The summed E-state index contributed by atoms with van der Waals surface area (Å²) in [6.45, 7) is 1.67. The second-order valence-corrected chi connectivity index (χ2v) is 6.53. The molecule has 1 amide bonds. The predicted molar refractivity (Wildman–Crippen MR) is 102 cm³/mol. The molecule has 27 heavy (non-hydrogen) atoms. The number of nitro benzene ring substituents is 1. The van der Waals surface area contributed by atoms with Crippen LogP contribution < -0.4 is 5.32 Å². The highest BCUT2D eigenvalue weighted by Gasteiger charge is 2.12. The van der Waals surface area contributed by atoms with Gasteiger partial charge in [-0.15, -0.1) is 0 Å². The molecule has 2 rings (SSSR count). The van der Waals surface area contributed by atoms with Gasteiger partial charge in [0.25, 0.3) is 5.69 Å². The zero-order valence-electron chi connectivity index (χ0n) is 14.3. The van der Waals surface area contributed by atoms with E-state index in [9.17, 15) is 19.7 Å². The standard InChI is InChI=1S/C18H16Cl2N2O5/c1-11-8-13(22(25)26)3-5-16(11)21-17(23)6-7-18(24)27-10-12-2-4-14(19)15(20)9-12/h2-5,8-9H,6-7,10H2,1H3,(H,21,23). The molecule has 0 aromatic heterocycles. The van der Waals surface area contributed by atoms with Gasteiger partial charge in [-0.3, -0.25) is 19.7 Å². The Balaban J connectivity index is 1.80. The van der Waals surface area contributed by atoms with Crippen molar-refractivity contribution in [2.75, 3.05) is 5.32 Å². The number of carbonyl (C=O) groups is 2. The van der Waals surface area contributed by atoms with E-state index in [1.54, 1.807) is 25.1 Å². The fourth-order valence-electron chi connectivity index (χ4n) is 2.20. The lowest BCUT2D eigenvalue weighted by Gasteiger charge is -2.09. The summed E-state index contributed by atoms with van der Waals surface area (Å²) in [4.78, 5) is 33.9. The van der Waals surface area contributed by atoms with Gasteiger partial charge in [0, 0.05) is 24.2 Å². The van der Waals surface area contributed by atoms with Crippen LogP contribution in [-0.2, 0) is 20.9 Å². The Kier molecular flexibility index (Phi) is 7.15. The van der Waals surface area contributed by atoms with E-state index in [1.807, 2.05) is 0 Å². The van der Waals surface area contributed by atoms with E-state index in [0.717, 1.165) is 0 Å². The number of non-ortho nitro benzene ring substituents is 1. The third-order valence-electron chi connectivity index (χ3n) is 3.63. The number of ether oxygens (including phenoxy) is 1. The number of esters is 1. The monoisotopic (exact) mass is 410 g/mol. The lowest BCUT2D eigenvalue weighted by atomic mass is 10.1. The smallest absolute Gasteiger partial charge is 0.306 e. The molecule has 0 heterocycles. The van der Waals surface area contributed by atoms with E-state index in [1.165, 1.54) is 18.2 Å². The van der Waals surface area contributed by atoms with Crippen molar-refractivity contribution in [2.24, 2.45) is 0 Å². The summed E-state index contributed by atoms with van der Waals surface area (Å²) in [5.41, 5.74) is 1.63. The molecule has 0 atom stereocenters. The van der Waals surface area contributed by atoms with Crippen molar-refractivity contribution in [3.63, 3.8) is 0 Å². The second-order valence-electron chi connectivity index (χ2n) is 5.71. The number of aryl methyl sites for hydroxylation is 1. The maximum absolute atomic E-state index is 12.0. The lowest BCUT2D eigenvalue weighted by molar-refractivity contribution is -0.384. The molecular formula is C18H16Cl2N2O5. The van der Waals surface area contributed by atoms with Gasteiger partial charge in [0.1, 0.15) is 6.61 Å². The maximum atomic E-state index is 12.0. The van der Waals surface area contributed by atoms with E-state index < -0.39 is 16.8 Å². The Hall–Kier alpha value is -2.64. The minimum absolute atomic E-state index is 0.0266. The van der Waals surface area contributed by atoms with Crippen LogP contribution in [0.25, 0.3) is 0 Å². The van der Waals surface area contributed by atoms with Crippen molar-refractivity contribution in [1.29, 1.82) is 0 Å². The number of anilines is 1. The Bertz CT molecular complexity index is 886. The predicted octanol–water partition coefficient (Wildman–Crippen LogP) is 4.67. The van der Waals surface area contributed by atoms with Crippen molar-refractivity contribution < 1.29 is 19.2 Å². The topological polar surface area (TPSA) is 98.5 Å². The Morgan fingerprint density at radius 2 is 1.85 bits per heavy atom. The normalized spacial score (nSPS) is 10.3. The maximum Gasteiger partial charge on any atom is 0.306 e. The molecule has 2 aromatic carbocycles. The number of nitro groups is 1. The van der Waals surface area contributed by atoms with Gasteiger partial charge in [-0.05, 0) is 36.2 Å². The molecule has 7 nitrogen and oxygen atoms in total. The molecule has 0 aliphatic rings. The molecule has 0 radical (unpaired) electrons. The second kappa shape index (κ2) is 9.34. The number of nitrogens with one attached hydrogen (secondary N) is 1. The van der Waals surface area contributed by atoms with Gasteiger partial charge < -0.3 is 10.1 Å².